The van der Waals surface area contributed by atoms with Crippen molar-refractivity contribution in [2.75, 3.05) is 16.9 Å². The number of carbonyl (C=O) groups excluding carboxylic acids is 4. The summed E-state index contributed by atoms with van der Waals surface area (Å²) in [5.74, 6) is -1.71. The SMILES string of the molecule is O=C(COC(=O)c1ccc(N2NC(=O)CCC2=O)cc1)Nc1cccc2nsnc12. The standard InChI is InChI=1S/C19H15N5O5S/c25-15-8-9-17(27)24(21-15)12-6-4-11(5-7-12)19(28)29-10-16(26)20-13-2-1-3-14-18(13)23-30-22-14/h1-7H,8-10H2,(H,20,26)(H,21,25). The van der Waals surface area contributed by atoms with Gasteiger partial charge in [0.15, 0.2) is 6.61 Å². The van der Waals surface area contributed by atoms with Crippen LogP contribution in [-0.2, 0) is 19.1 Å². The van der Waals surface area contributed by atoms with E-state index < -0.39 is 18.5 Å². The molecule has 30 heavy (non-hydrogen) atoms. The lowest BCUT2D eigenvalue weighted by molar-refractivity contribution is -0.130. The van der Waals surface area contributed by atoms with Crippen molar-refractivity contribution in [3.63, 3.8) is 0 Å². The predicted octanol–water partition coefficient (Wildman–Crippen LogP) is 1.64. The van der Waals surface area contributed by atoms with Gasteiger partial charge in [0.2, 0.25) is 11.8 Å². The minimum atomic E-state index is -0.695. The quantitative estimate of drug-likeness (QED) is 0.594. The molecule has 1 saturated heterocycles. The van der Waals surface area contributed by atoms with Gasteiger partial charge in [-0.3, -0.25) is 19.8 Å². The average molecular weight is 425 g/mol. The molecule has 0 radical (unpaired) electrons. The van der Waals surface area contributed by atoms with Crippen molar-refractivity contribution in [2.24, 2.45) is 0 Å². The Morgan fingerprint density at radius 2 is 1.90 bits per heavy atom. The van der Waals surface area contributed by atoms with Gasteiger partial charge in [-0.1, -0.05) is 6.07 Å². The number of carbonyl (C=O) groups is 4. The summed E-state index contributed by atoms with van der Waals surface area (Å²) in [6, 6.07) is 11.1. The third-order valence-electron chi connectivity index (χ3n) is 4.31. The summed E-state index contributed by atoms with van der Waals surface area (Å²) in [7, 11) is 0. The Balaban J connectivity index is 1.34. The fourth-order valence-electron chi connectivity index (χ4n) is 2.84. The smallest absolute Gasteiger partial charge is 0.338 e. The number of amides is 3. The summed E-state index contributed by atoms with van der Waals surface area (Å²) in [5, 5.41) is 3.78. The zero-order valence-electron chi connectivity index (χ0n) is 15.5. The second-order valence-electron chi connectivity index (χ2n) is 6.37. The number of fused-ring (bicyclic) bond motifs is 1. The summed E-state index contributed by atoms with van der Waals surface area (Å²) < 4.78 is 13.3. The van der Waals surface area contributed by atoms with E-state index in [1.807, 2.05) is 0 Å². The molecular formula is C19H15N5O5S. The molecule has 2 aromatic carbocycles. The van der Waals surface area contributed by atoms with E-state index in [9.17, 15) is 19.2 Å². The molecule has 0 saturated carbocycles. The molecule has 1 aliphatic rings. The van der Waals surface area contributed by atoms with Crippen LogP contribution in [0.4, 0.5) is 11.4 Å². The van der Waals surface area contributed by atoms with Gasteiger partial charge in [0.1, 0.15) is 11.0 Å². The molecule has 1 aromatic heterocycles. The summed E-state index contributed by atoms with van der Waals surface area (Å²) in [5.41, 5.74) is 4.82. The molecule has 0 atom stereocenters. The second-order valence-corrected chi connectivity index (χ2v) is 6.90. The highest BCUT2D eigenvalue weighted by Crippen LogP contribution is 2.21. The van der Waals surface area contributed by atoms with Gasteiger partial charge in [-0.2, -0.15) is 8.75 Å². The third kappa shape index (κ3) is 4.10. The Kier molecular flexibility index (Phi) is 5.35. The maximum Gasteiger partial charge on any atom is 0.338 e. The van der Waals surface area contributed by atoms with E-state index in [-0.39, 0.29) is 30.2 Å². The fourth-order valence-corrected chi connectivity index (χ4v) is 3.39. The molecule has 3 aromatic rings. The molecule has 3 amide bonds. The highest BCUT2D eigenvalue weighted by Gasteiger charge is 2.24. The first-order valence-corrected chi connectivity index (χ1v) is 9.65. The van der Waals surface area contributed by atoms with Crippen LogP contribution in [0.1, 0.15) is 23.2 Å². The number of aromatic nitrogens is 2. The normalized spacial score (nSPS) is 13.8. The lowest BCUT2D eigenvalue weighted by Gasteiger charge is -2.27. The van der Waals surface area contributed by atoms with Gasteiger partial charge >= 0.3 is 5.97 Å². The van der Waals surface area contributed by atoms with Crippen molar-refractivity contribution in [1.29, 1.82) is 0 Å². The Hall–Kier alpha value is -3.86. The van der Waals surface area contributed by atoms with E-state index in [0.29, 0.717) is 22.4 Å². The van der Waals surface area contributed by atoms with Gasteiger partial charge in [-0.05, 0) is 36.4 Å². The van der Waals surface area contributed by atoms with E-state index in [1.165, 1.54) is 24.3 Å². The largest absolute Gasteiger partial charge is 0.452 e. The highest BCUT2D eigenvalue weighted by molar-refractivity contribution is 7.00. The van der Waals surface area contributed by atoms with Gasteiger partial charge in [0.25, 0.3) is 5.91 Å². The van der Waals surface area contributed by atoms with Gasteiger partial charge < -0.3 is 10.1 Å². The van der Waals surface area contributed by atoms with Crippen molar-refractivity contribution in [2.45, 2.75) is 12.8 Å². The van der Waals surface area contributed by atoms with E-state index in [0.717, 1.165) is 16.7 Å². The monoisotopic (exact) mass is 425 g/mol. The average Bonchev–Trinajstić information content (AvgIpc) is 3.24. The first kappa shape index (κ1) is 19.5. The minimum Gasteiger partial charge on any atom is -0.452 e. The molecule has 4 rings (SSSR count). The number of rotatable bonds is 5. The fraction of sp³-hybridized carbons (Fsp3) is 0.158. The number of benzene rings is 2. The van der Waals surface area contributed by atoms with Crippen LogP contribution in [0, 0.1) is 0 Å². The maximum absolute atomic E-state index is 12.2. The van der Waals surface area contributed by atoms with E-state index in [4.69, 9.17) is 4.74 Å². The first-order valence-electron chi connectivity index (χ1n) is 8.92. The van der Waals surface area contributed by atoms with Crippen LogP contribution in [0.25, 0.3) is 11.0 Å². The molecule has 0 aliphatic carbocycles. The lowest BCUT2D eigenvalue weighted by atomic mass is 10.2. The number of anilines is 2. The predicted molar refractivity (Wildman–Crippen MR) is 108 cm³/mol. The number of ether oxygens (including phenoxy) is 1. The summed E-state index contributed by atoms with van der Waals surface area (Å²) in [6.07, 6.45) is 0.269. The van der Waals surface area contributed by atoms with Crippen LogP contribution >= 0.6 is 11.7 Å². The highest BCUT2D eigenvalue weighted by atomic mass is 32.1. The zero-order valence-corrected chi connectivity index (χ0v) is 16.3. The number of hydrogen-bond acceptors (Lipinski definition) is 8. The number of nitrogens with zero attached hydrogens (tertiary/aromatic N) is 3. The molecule has 2 heterocycles. The van der Waals surface area contributed by atoms with E-state index >= 15 is 0 Å². The van der Waals surface area contributed by atoms with Crippen LogP contribution in [0.15, 0.2) is 42.5 Å². The Morgan fingerprint density at radius 1 is 1.10 bits per heavy atom. The van der Waals surface area contributed by atoms with Crippen LogP contribution in [-0.4, -0.2) is 39.0 Å². The van der Waals surface area contributed by atoms with Crippen LogP contribution in [0.5, 0.6) is 0 Å². The van der Waals surface area contributed by atoms with Crippen molar-refractivity contribution >= 4 is 57.8 Å². The maximum atomic E-state index is 12.2. The van der Waals surface area contributed by atoms with Crippen LogP contribution in [0.2, 0.25) is 0 Å². The number of esters is 1. The van der Waals surface area contributed by atoms with E-state index in [2.05, 4.69) is 19.5 Å². The summed E-state index contributed by atoms with van der Waals surface area (Å²) in [6.45, 7) is -0.477. The Bertz CT molecular complexity index is 1140. The van der Waals surface area contributed by atoms with Gasteiger partial charge in [0.05, 0.1) is 28.7 Å². The Labute approximate surface area is 174 Å². The molecule has 1 fully saturated rings. The topological polar surface area (TPSA) is 131 Å². The summed E-state index contributed by atoms with van der Waals surface area (Å²) >= 11 is 1.04. The number of hydrogen-bond donors (Lipinski definition) is 2. The molecule has 1 aliphatic heterocycles. The first-order chi connectivity index (χ1) is 14.5. The minimum absolute atomic E-state index is 0.120. The van der Waals surface area contributed by atoms with Crippen molar-refractivity contribution in [1.82, 2.24) is 14.2 Å². The van der Waals surface area contributed by atoms with Crippen LogP contribution in [0.3, 0.4) is 0 Å². The molecule has 0 spiro atoms. The molecule has 2 N–H and O–H groups in total. The Morgan fingerprint density at radius 3 is 2.70 bits per heavy atom. The molecule has 10 nitrogen and oxygen atoms in total. The number of nitrogens with one attached hydrogen (secondary N) is 2. The number of hydrazine groups is 1. The summed E-state index contributed by atoms with van der Waals surface area (Å²) in [4.78, 5) is 47.7. The molecule has 0 bridgehead atoms. The second kappa shape index (κ2) is 8.25. The van der Waals surface area contributed by atoms with Crippen LogP contribution < -0.4 is 15.8 Å². The lowest BCUT2D eigenvalue weighted by Crippen LogP contribution is -2.50. The molecular weight excluding hydrogens is 410 g/mol. The molecule has 152 valence electrons. The molecule has 11 heteroatoms. The van der Waals surface area contributed by atoms with Gasteiger partial charge in [-0.15, -0.1) is 0 Å². The van der Waals surface area contributed by atoms with Crippen molar-refractivity contribution in [3.05, 3.63) is 48.0 Å². The van der Waals surface area contributed by atoms with Gasteiger partial charge in [-0.25, -0.2) is 9.80 Å². The van der Waals surface area contributed by atoms with Crippen molar-refractivity contribution < 1.29 is 23.9 Å². The van der Waals surface area contributed by atoms with E-state index in [1.54, 1.807) is 18.2 Å². The van der Waals surface area contributed by atoms with Crippen molar-refractivity contribution in [3.8, 4) is 0 Å². The molecule has 0 unspecified atom stereocenters. The van der Waals surface area contributed by atoms with Gasteiger partial charge in [0, 0.05) is 12.8 Å². The zero-order chi connectivity index (χ0) is 21.1. The third-order valence-corrected chi connectivity index (χ3v) is 4.85.